The summed E-state index contributed by atoms with van der Waals surface area (Å²) in [5.74, 6) is -0.858. The molecule has 0 bridgehead atoms. The maximum Gasteiger partial charge on any atom is 0.362 e. The van der Waals surface area contributed by atoms with Crippen LogP contribution in [0.3, 0.4) is 0 Å². The molecule has 0 aromatic carbocycles. The largest absolute Gasteiger partial charge is 0.362 e. The van der Waals surface area contributed by atoms with Crippen molar-refractivity contribution in [1.29, 1.82) is 0 Å². The molecule has 25 heavy (non-hydrogen) atoms. The molecule has 2 atom stereocenters. The molecule has 2 fully saturated rings. The Hall–Kier alpha value is -2.47. The highest BCUT2D eigenvalue weighted by atomic mass is 32.2. The third-order valence-electron chi connectivity index (χ3n) is 4.69. The van der Waals surface area contributed by atoms with Gasteiger partial charge in [-0.1, -0.05) is 0 Å². The van der Waals surface area contributed by atoms with Crippen LogP contribution < -0.4 is 10.5 Å². The molecule has 3 amide bonds. The van der Waals surface area contributed by atoms with Gasteiger partial charge in [-0.2, -0.15) is 13.5 Å². The predicted octanol–water partition coefficient (Wildman–Crippen LogP) is -0.969. The van der Waals surface area contributed by atoms with Crippen LogP contribution in [0.1, 0.15) is 17.7 Å². The second kappa shape index (κ2) is 5.52. The summed E-state index contributed by atoms with van der Waals surface area (Å²) in [6.07, 6.45) is 0.223. The van der Waals surface area contributed by atoms with Crippen molar-refractivity contribution in [3.8, 4) is 0 Å². The average Bonchev–Trinajstić information content (AvgIpc) is 2.87. The van der Waals surface area contributed by atoms with Gasteiger partial charge in [0.05, 0.1) is 11.7 Å². The standard InChI is InChI=1S/C13H17N5O6S/c1-6-7(2)14-15-11(19)9(6)16(3)13(21)17-5-4-8-10(17)12(20)18(8)25(22,23)24/h8,10H,4-5H2,1-3H3,(H,15,19)(H,22,23,24)/t8-,10+/m1/s1. The number of hydrogen-bond donors (Lipinski definition) is 2. The maximum absolute atomic E-state index is 12.7. The van der Waals surface area contributed by atoms with E-state index in [2.05, 4.69) is 10.2 Å². The van der Waals surface area contributed by atoms with Gasteiger partial charge in [-0.25, -0.2) is 14.2 Å². The van der Waals surface area contributed by atoms with Crippen molar-refractivity contribution in [2.24, 2.45) is 0 Å². The first-order chi connectivity index (χ1) is 11.6. The number of hydrogen-bond acceptors (Lipinski definition) is 6. The van der Waals surface area contributed by atoms with E-state index in [1.807, 2.05) is 0 Å². The Bertz CT molecular complexity index is 925. The minimum Gasteiger partial charge on any atom is -0.310 e. The first-order valence-electron chi connectivity index (χ1n) is 7.46. The van der Waals surface area contributed by atoms with Gasteiger partial charge < -0.3 is 4.90 Å². The molecule has 136 valence electrons. The number of rotatable bonds is 2. The molecule has 2 aliphatic heterocycles. The summed E-state index contributed by atoms with van der Waals surface area (Å²) in [6, 6.07) is -2.34. The van der Waals surface area contributed by atoms with E-state index >= 15 is 0 Å². The van der Waals surface area contributed by atoms with Crippen molar-refractivity contribution < 1.29 is 22.6 Å². The summed E-state index contributed by atoms with van der Waals surface area (Å²) in [5, 5.41) is 6.12. The fraction of sp³-hybridized carbons (Fsp3) is 0.538. The Morgan fingerprint density at radius 1 is 1.36 bits per heavy atom. The number of aryl methyl sites for hydroxylation is 1. The second-order valence-electron chi connectivity index (χ2n) is 6.06. The first-order valence-corrected chi connectivity index (χ1v) is 8.86. The van der Waals surface area contributed by atoms with E-state index in [-0.39, 0.29) is 18.7 Å². The lowest BCUT2D eigenvalue weighted by atomic mass is 10.0. The third-order valence-corrected chi connectivity index (χ3v) is 5.64. The number of anilines is 1. The van der Waals surface area contributed by atoms with Crippen LogP contribution in [0.15, 0.2) is 4.79 Å². The molecule has 2 aliphatic rings. The molecule has 0 aliphatic carbocycles. The predicted molar refractivity (Wildman–Crippen MR) is 85.4 cm³/mol. The van der Waals surface area contributed by atoms with Crippen LogP contribution in [-0.4, -0.2) is 70.0 Å². The van der Waals surface area contributed by atoms with Gasteiger partial charge in [0.15, 0.2) is 0 Å². The number of fused-ring (bicyclic) bond motifs is 1. The van der Waals surface area contributed by atoms with E-state index in [1.165, 1.54) is 11.9 Å². The molecule has 0 unspecified atom stereocenters. The van der Waals surface area contributed by atoms with Crippen molar-refractivity contribution in [3.63, 3.8) is 0 Å². The fourth-order valence-corrected chi connectivity index (χ4v) is 4.23. The minimum atomic E-state index is -4.64. The Morgan fingerprint density at radius 3 is 2.60 bits per heavy atom. The van der Waals surface area contributed by atoms with Gasteiger partial charge in [0.2, 0.25) is 0 Å². The normalized spacial score (nSPS) is 22.6. The lowest BCUT2D eigenvalue weighted by Crippen LogP contribution is -2.69. The molecule has 2 saturated heterocycles. The molecule has 0 saturated carbocycles. The molecule has 11 nitrogen and oxygen atoms in total. The first kappa shape index (κ1) is 17.4. The van der Waals surface area contributed by atoms with Crippen LogP contribution in [0.4, 0.5) is 10.5 Å². The van der Waals surface area contributed by atoms with Crippen LogP contribution in [0.25, 0.3) is 0 Å². The van der Waals surface area contributed by atoms with E-state index in [0.29, 0.717) is 15.6 Å². The number of aromatic nitrogens is 2. The molecule has 3 rings (SSSR count). The molecule has 12 heteroatoms. The number of aromatic amines is 1. The Balaban J connectivity index is 1.88. The van der Waals surface area contributed by atoms with Gasteiger partial charge in [0.1, 0.15) is 11.7 Å². The molecule has 1 aromatic rings. The fourth-order valence-electron chi connectivity index (χ4n) is 3.34. The zero-order valence-electron chi connectivity index (χ0n) is 13.8. The maximum atomic E-state index is 12.7. The molecule has 1 aromatic heterocycles. The van der Waals surface area contributed by atoms with Gasteiger partial charge in [-0.15, -0.1) is 0 Å². The summed E-state index contributed by atoms with van der Waals surface area (Å²) >= 11 is 0. The second-order valence-corrected chi connectivity index (χ2v) is 7.35. The number of nitrogens with zero attached hydrogens (tertiary/aromatic N) is 4. The lowest BCUT2D eigenvalue weighted by molar-refractivity contribution is -0.143. The lowest BCUT2D eigenvalue weighted by Gasteiger charge is -2.43. The molecule has 2 N–H and O–H groups in total. The number of likely N-dealkylation sites (tertiary alicyclic amines) is 1. The van der Waals surface area contributed by atoms with Gasteiger partial charge >= 0.3 is 16.3 Å². The zero-order valence-corrected chi connectivity index (χ0v) is 14.6. The monoisotopic (exact) mass is 371 g/mol. The number of β-lactam (4-membered cyclic amide) rings is 1. The number of nitrogens with one attached hydrogen (secondary N) is 1. The van der Waals surface area contributed by atoms with Gasteiger partial charge in [-0.05, 0) is 20.3 Å². The van der Waals surface area contributed by atoms with E-state index in [0.717, 1.165) is 4.90 Å². The van der Waals surface area contributed by atoms with Crippen molar-refractivity contribution in [3.05, 3.63) is 21.6 Å². The number of H-pyrrole nitrogens is 1. The zero-order chi connectivity index (χ0) is 18.7. The Kier molecular flexibility index (Phi) is 3.84. The third kappa shape index (κ3) is 2.48. The summed E-state index contributed by atoms with van der Waals surface area (Å²) in [5.41, 5.74) is 0.634. The highest BCUT2D eigenvalue weighted by Gasteiger charge is 2.60. The molecule has 0 spiro atoms. The summed E-state index contributed by atoms with van der Waals surface area (Å²) in [7, 11) is -3.24. The van der Waals surface area contributed by atoms with E-state index < -0.39 is 39.9 Å². The van der Waals surface area contributed by atoms with Crippen molar-refractivity contribution in [1.82, 2.24) is 19.4 Å². The highest BCUT2D eigenvalue weighted by molar-refractivity contribution is 7.84. The Labute approximate surface area is 143 Å². The van der Waals surface area contributed by atoms with Gasteiger partial charge in [0, 0.05) is 19.2 Å². The number of carbonyl (C=O) groups is 2. The minimum absolute atomic E-state index is 0.111. The van der Waals surface area contributed by atoms with Crippen molar-refractivity contribution in [2.75, 3.05) is 18.5 Å². The average molecular weight is 371 g/mol. The van der Waals surface area contributed by atoms with E-state index in [4.69, 9.17) is 4.55 Å². The molecule has 3 heterocycles. The van der Waals surface area contributed by atoms with Crippen LogP contribution >= 0.6 is 0 Å². The molecule has 0 radical (unpaired) electrons. The van der Waals surface area contributed by atoms with Crippen molar-refractivity contribution >= 4 is 27.9 Å². The van der Waals surface area contributed by atoms with Crippen molar-refractivity contribution in [2.45, 2.75) is 32.4 Å². The Morgan fingerprint density at radius 2 is 2.00 bits per heavy atom. The topological polar surface area (TPSA) is 144 Å². The SMILES string of the molecule is Cc1n[nH]c(=O)c(N(C)C(=O)N2CC[C@@H]3[C@H]2C(=O)N3S(=O)(=O)O)c1C. The van der Waals surface area contributed by atoms with E-state index in [1.54, 1.807) is 13.8 Å². The van der Waals surface area contributed by atoms with Crippen LogP contribution in [0.2, 0.25) is 0 Å². The van der Waals surface area contributed by atoms with E-state index in [9.17, 15) is 22.8 Å². The smallest absolute Gasteiger partial charge is 0.310 e. The summed E-state index contributed by atoms with van der Waals surface area (Å²) < 4.78 is 31.9. The molecular formula is C13H17N5O6S. The quantitative estimate of drug-likeness (QED) is 0.503. The highest BCUT2D eigenvalue weighted by Crippen LogP contribution is 2.36. The van der Waals surface area contributed by atoms with Crippen LogP contribution in [-0.2, 0) is 15.1 Å². The number of urea groups is 1. The number of amides is 3. The summed E-state index contributed by atoms with van der Waals surface area (Å²) in [6.45, 7) is 3.47. The van der Waals surface area contributed by atoms with Crippen LogP contribution in [0.5, 0.6) is 0 Å². The van der Waals surface area contributed by atoms with Crippen LogP contribution in [0, 0.1) is 13.8 Å². The summed E-state index contributed by atoms with van der Waals surface area (Å²) in [4.78, 5) is 39.2. The number of carbonyl (C=O) groups excluding carboxylic acids is 2. The van der Waals surface area contributed by atoms with Gasteiger partial charge in [-0.3, -0.25) is 19.0 Å². The van der Waals surface area contributed by atoms with Gasteiger partial charge in [0.25, 0.3) is 11.5 Å². The molecular weight excluding hydrogens is 354 g/mol.